The zero-order chi connectivity index (χ0) is 25.8. The van der Waals surface area contributed by atoms with Crippen molar-refractivity contribution in [3.63, 3.8) is 0 Å². The number of aliphatic hydroxyl groups is 1. The minimum absolute atomic E-state index is 0.163. The Hall–Kier alpha value is -2.34. The smallest absolute Gasteiger partial charge is 0.165 e. The van der Waals surface area contributed by atoms with Crippen LogP contribution in [0.15, 0.2) is 48.6 Å². The molecule has 5 rings (SSSR count). The SMILES string of the molecule is C=C(C(OC)[C@@H]1Oc2c(O)ccc(C)c2[C@@]12CCN(CC1CC1)[C@H](C)C2)C(C)(O)c1ccc(C)cc1. The van der Waals surface area contributed by atoms with Crippen molar-refractivity contribution in [3.8, 4) is 11.5 Å². The second kappa shape index (κ2) is 9.20. The average Bonchev–Trinajstić information content (AvgIpc) is 3.61. The molecule has 1 saturated heterocycles. The molecular weight excluding hydrogens is 450 g/mol. The Morgan fingerprint density at radius 3 is 2.53 bits per heavy atom. The maximum absolute atomic E-state index is 11.7. The Morgan fingerprint density at radius 1 is 1.22 bits per heavy atom. The molecule has 5 atom stereocenters. The zero-order valence-corrected chi connectivity index (χ0v) is 22.4. The van der Waals surface area contributed by atoms with Gasteiger partial charge in [-0.05, 0) is 88.6 Å². The van der Waals surface area contributed by atoms with Crippen LogP contribution in [0, 0.1) is 19.8 Å². The molecule has 2 fully saturated rings. The largest absolute Gasteiger partial charge is 0.504 e. The third-order valence-electron chi connectivity index (χ3n) is 9.06. The topological polar surface area (TPSA) is 62.2 Å². The molecule has 5 nitrogen and oxygen atoms in total. The standard InChI is InChI=1S/C31H41NO4/c1-19-7-12-24(13-8-19)30(5,34)22(4)27(35-6)29-31(26-20(2)9-14-25(33)28(26)36-29)15-16-32(21(3)17-31)18-23-10-11-23/h7-9,12-14,21,23,27,29,33-34H,4,10-11,15-18H2,1-3,5-6H3/t21-,27?,29+,30?,31+/m1/s1. The summed E-state index contributed by atoms with van der Waals surface area (Å²) in [7, 11) is 1.67. The molecule has 3 aliphatic rings. The van der Waals surface area contributed by atoms with Gasteiger partial charge in [-0.3, -0.25) is 0 Å². The van der Waals surface area contributed by atoms with E-state index in [4.69, 9.17) is 9.47 Å². The van der Waals surface area contributed by atoms with E-state index in [1.54, 1.807) is 20.1 Å². The van der Waals surface area contributed by atoms with E-state index < -0.39 is 17.8 Å². The van der Waals surface area contributed by atoms with Crippen LogP contribution in [0.5, 0.6) is 11.5 Å². The molecule has 194 valence electrons. The van der Waals surface area contributed by atoms with Gasteiger partial charge in [-0.15, -0.1) is 0 Å². The highest BCUT2D eigenvalue weighted by Gasteiger charge is 2.58. The molecule has 2 aliphatic heterocycles. The number of hydrogen-bond donors (Lipinski definition) is 2. The Bertz CT molecular complexity index is 1140. The van der Waals surface area contributed by atoms with Gasteiger partial charge in [0.1, 0.15) is 17.8 Å². The van der Waals surface area contributed by atoms with Gasteiger partial charge < -0.3 is 24.6 Å². The Kier molecular flexibility index (Phi) is 6.47. The molecule has 2 aromatic rings. The number of benzene rings is 2. The van der Waals surface area contributed by atoms with Crippen LogP contribution in [-0.2, 0) is 15.8 Å². The van der Waals surface area contributed by atoms with Gasteiger partial charge in [0.05, 0.1) is 0 Å². The van der Waals surface area contributed by atoms with Crippen molar-refractivity contribution in [2.45, 2.75) is 82.6 Å². The molecule has 0 amide bonds. The van der Waals surface area contributed by atoms with E-state index in [2.05, 4.69) is 25.3 Å². The van der Waals surface area contributed by atoms with Gasteiger partial charge >= 0.3 is 0 Å². The minimum Gasteiger partial charge on any atom is -0.504 e. The van der Waals surface area contributed by atoms with E-state index in [1.165, 1.54) is 12.8 Å². The summed E-state index contributed by atoms with van der Waals surface area (Å²) in [6.45, 7) is 14.8. The number of likely N-dealkylation sites (tertiary alicyclic amines) is 1. The summed E-state index contributed by atoms with van der Waals surface area (Å²) in [5, 5.41) is 22.6. The number of phenols is 1. The fraction of sp³-hybridized carbons (Fsp3) is 0.548. The highest BCUT2D eigenvalue weighted by Crippen LogP contribution is 2.57. The lowest BCUT2D eigenvalue weighted by Gasteiger charge is -2.48. The molecule has 1 saturated carbocycles. The predicted molar refractivity (Wildman–Crippen MR) is 143 cm³/mol. The molecule has 2 heterocycles. The summed E-state index contributed by atoms with van der Waals surface area (Å²) in [5.41, 5.74) is 3.05. The Labute approximate surface area is 215 Å². The van der Waals surface area contributed by atoms with E-state index in [1.807, 2.05) is 37.3 Å². The second-order valence-electron chi connectivity index (χ2n) is 11.7. The molecule has 2 unspecified atom stereocenters. The van der Waals surface area contributed by atoms with Crippen LogP contribution in [0.1, 0.15) is 61.8 Å². The van der Waals surface area contributed by atoms with E-state index in [9.17, 15) is 10.2 Å². The van der Waals surface area contributed by atoms with Crippen LogP contribution in [0.25, 0.3) is 0 Å². The number of methoxy groups -OCH3 is 1. The highest BCUT2D eigenvalue weighted by molar-refractivity contribution is 5.58. The second-order valence-corrected chi connectivity index (χ2v) is 11.7. The first-order valence-electron chi connectivity index (χ1n) is 13.3. The van der Waals surface area contributed by atoms with Gasteiger partial charge in [0.15, 0.2) is 11.5 Å². The third-order valence-corrected chi connectivity index (χ3v) is 9.06. The maximum Gasteiger partial charge on any atom is 0.165 e. The van der Waals surface area contributed by atoms with Crippen molar-refractivity contribution in [3.05, 3.63) is 70.8 Å². The van der Waals surface area contributed by atoms with Gasteiger partial charge in [-0.25, -0.2) is 0 Å². The molecule has 2 N–H and O–H groups in total. The van der Waals surface area contributed by atoms with Gasteiger partial charge in [-0.1, -0.05) is 42.5 Å². The lowest BCUT2D eigenvalue weighted by atomic mass is 9.64. The van der Waals surface area contributed by atoms with Gasteiger partial charge in [0, 0.05) is 30.7 Å². The number of ether oxygens (including phenoxy) is 2. The number of aryl methyl sites for hydroxylation is 2. The van der Waals surface area contributed by atoms with Crippen LogP contribution >= 0.6 is 0 Å². The third kappa shape index (κ3) is 4.15. The number of aromatic hydroxyl groups is 1. The van der Waals surface area contributed by atoms with Crippen molar-refractivity contribution < 1.29 is 19.7 Å². The van der Waals surface area contributed by atoms with E-state index in [-0.39, 0.29) is 11.2 Å². The number of rotatable bonds is 7. The van der Waals surface area contributed by atoms with Gasteiger partial charge in [0.2, 0.25) is 0 Å². The number of piperidine rings is 1. The van der Waals surface area contributed by atoms with Crippen molar-refractivity contribution in [2.75, 3.05) is 20.2 Å². The summed E-state index contributed by atoms with van der Waals surface area (Å²) in [4.78, 5) is 2.62. The summed E-state index contributed by atoms with van der Waals surface area (Å²) in [6, 6.07) is 12.0. The fourth-order valence-electron chi connectivity index (χ4n) is 6.64. The summed E-state index contributed by atoms with van der Waals surface area (Å²) in [6.07, 6.45) is 3.53. The van der Waals surface area contributed by atoms with Gasteiger partial charge in [0.25, 0.3) is 0 Å². The summed E-state index contributed by atoms with van der Waals surface area (Å²) in [5.74, 6) is 1.57. The minimum atomic E-state index is -1.30. The summed E-state index contributed by atoms with van der Waals surface area (Å²) >= 11 is 0. The van der Waals surface area contributed by atoms with E-state index >= 15 is 0 Å². The van der Waals surface area contributed by atoms with Crippen LogP contribution in [0.4, 0.5) is 0 Å². The molecular formula is C31H41NO4. The maximum atomic E-state index is 11.7. The first kappa shape index (κ1) is 25.3. The molecule has 0 aromatic heterocycles. The normalized spacial score (nSPS) is 28.4. The zero-order valence-electron chi connectivity index (χ0n) is 22.4. The highest BCUT2D eigenvalue weighted by atomic mass is 16.5. The molecule has 5 heteroatoms. The first-order valence-corrected chi connectivity index (χ1v) is 13.3. The number of nitrogens with zero attached hydrogens (tertiary/aromatic N) is 1. The van der Waals surface area contributed by atoms with Crippen LogP contribution in [0.2, 0.25) is 0 Å². The van der Waals surface area contributed by atoms with Crippen molar-refractivity contribution >= 4 is 0 Å². The Morgan fingerprint density at radius 2 is 1.92 bits per heavy atom. The fourth-order valence-corrected chi connectivity index (χ4v) is 6.64. The summed E-state index contributed by atoms with van der Waals surface area (Å²) < 4.78 is 12.8. The van der Waals surface area contributed by atoms with Crippen molar-refractivity contribution in [2.24, 2.45) is 5.92 Å². The first-order chi connectivity index (χ1) is 17.1. The average molecular weight is 492 g/mol. The lowest BCUT2D eigenvalue weighted by molar-refractivity contribution is -0.0495. The lowest BCUT2D eigenvalue weighted by Crippen LogP contribution is -2.57. The monoisotopic (exact) mass is 491 g/mol. The van der Waals surface area contributed by atoms with Gasteiger partial charge in [-0.2, -0.15) is 0 Å². The van der Waals surface area contributed by atoms with Crippen LogP contribution in [0.3, 0.4) is 0 Å². The van der Waals surface area contributed by atoms with E-state index in [0.29, 0.717) is 17.4 Å². The van der Waals surface area contributed by atoms with Crippen LogP contribution in [-0.4, -0.2) is 53.6 Å². The predicted octanol–water partition coefficient (Wildman–Crippen LogP) is 5.38. The van der Waals surface area contributed by atoms with Crippen molar-refractivity contribution in [1.29, 1.82) is 0 Å². The Balaban J connectivity index is 1.53. The molecule has 1 aliphatic carbocycles. The molecule has 1 spiro atoms. The molecule has 2 aromatic carbocycles. The van der Waals surface area contributed by atoms with Crippen LogP contribution < -0.4 is 4.74 Å². The number of fused-ring (bicyclic) bond motifs is 2. The van der Waals surface area contributed by atoms with E-state index in [0.717, 1.165) is 54.1 Å². The number of phenolic OH excluding ortho intramolecular Hbond substituents is 1. The molecule has 36 heavy (non-hydrogen) atoms. The molecule has 0 bridgehead atoms. The van der Waals surface area contributed by atoms with Crippen molar-refractivity contribution in [1.82, 2.24) is 4.90 Å². The number of hydrogen-bond acceptors (Lipinski definition) is 5. The molecule has 0 radical (unpaired) electrons. The quantitative estimate of drug-likeness (QED) is 0.509.